The zero-order valence-electron chi connectivity index (χ0n) is 17.0. The third kappa shape index (κ3) is 5.70. The summed E-state index contributed by atoms with van der Waals surface area (Å²) in [6.45, 7) is 0. The van der Waals surface area contributed by atoms with Crippen molar-refractivity contribution in [2.45, 2.75) is 57.8 Å². The van der Waals surface area contributed by atoms with Crippen LogP contribution in [0.25, 0.3) is 6.08 Å². The lowest BCUT2D eigenvalue weighted by Gasteiger charge is -2.17. The maximum Gasteiger partial charge on any atom is 0.194 e. The number of benzene rings is 2. The Bertz CT molecular complexity index is 882. The van der Waals surface area contributed by atoms with E-state index in [4.69, 9.17) is 0 Å². The smallest absolute Gasteiger partial charge is 0.194 e. The van der Waals surface area contributed by atoms with E-state index < -0.39 is 0 Å². The number of hydrogen-bond acceptors (Lipinski definition) is 3. The van der Waals surface area contributed by atoms with Crippen LogP contribution in [0.3, 0.4) is 0 Å². The first-order valence-corrected chi connectivity index (χ1v) is 11.5. The van der Waals surface area contributed by atoms with Gasteiger partial charge in [0, 0.05) is 22.3 Å². The van der Waals surface area contributed by atoms with E-state index in [0.717, 1.165) is 17.7 Å². The molecule has 2 aromatic rings. The largest absolute Gasteiger partial charge is 0.289 e. The van der Waals surface area contributed by atoms with E-state index in [1.165, 1.54) is 51.4 Å². The van der Waals surface area contributed by atoms with Crippen molar-refractivity contribution in [2.24, 2.45) is 0 Å². The van der Waals surface area contributed by atoms with Gasteiger partial charge in [-0.25, -0.2) is 0 Å². The van der Waals surface area contributed by atoms with Crippen molar-refractivity contribution in [3.05, 3.63) is 76.4 Å². The minimum Gasteiger partial charge on any atom is -0.289 e. The number of carbonyl (C=O) groups excluding carboxylic acids is 2. The molecule has 0 heterocycles. The molecular formula is C26H30O2S. The molecule has 0 saturated heterocycles. The highest BCUT2D eigenvalue weighted by molar-refractivity contribution is 7.80. The fourth-order valence-electron chi connectivity index (χ4n) is 3.87. The summed E-state index contributed by atoms with van der Waals surface area (Å²) in [6.07, 6.45) is 15.6. The zero-order chi connectivity index (χ0) is 20.5. The predicted octanol–water partition coefficient (Wildman–Crippen LogP) is 6.92. The van der Waals surface area contributed by atoms with Crippen molar-refractivity contribution in [2.75, 3.05) is 5.75 Å². The van der Waals surface area contributed by atoms with Gasteiger partial charge in [0.15, 0.2) is 11.6 Å². The molecule has 1 aliphatic carbocycles. The summed E-state index contributed by atoms with van der Waals surface area (Å²) in [6, 6.07) is 12.7. The quantitative estimate of drug-likeness (QED) is 0.277. The Balaban J connectivity index is 1.47. The van der Waals surface area contributed by atoms with Crippen LogP contribution in [0.2, 0.25) is 0 Å². The Hall–Kier alpha value is -2.13. The van der Waals surface area contributed by atoms with Crippen LogP contribution in [0, 0.1) is 0 Å². The molecule has 3 rings (SSSR count). The summed E-state index contributed by atoms with van der Waals surface area (Å²) in [5.74, 6) is 0.894. The SMILES string of the molecule is O=C1c2ccccc2C(=O)c2cc(/C=C/CCCCCCCCCCS)ccc21. The van der Waals surface area contributed by atoms with Gasteiger partial charge in [-0.15, -0.1) is 0 Å². The van der Waals surface area contributed by atoms with Gasteiger partial charge in [0.25, 0.3) is 0 Å². The van der Waals surface area contributed by atoms with Gasteiger partial charge in [0.2, 0.25) is 0 Å². The van der Waals surface area contributed by atoms with Crippen molar-refractivity contribution in [1.82, 2.24) is 0 Å². The molecule has 0 amide bonds. The van der Waals surface area contributed by atoms with Crippen LogP contribution in [0.5, 0.6) is 0 Å². The number of hydrogen-bond donors (Lipinski definition) is 1. The van der Waals surface area contributed by atoms with Crippen LogP contribution in [0.1, 0.15) is 95.2 Å². The monoisotopic (exact) mass is 406 g/mol. The predicted molar refractivity (Wildman–Crippen MR) is 124 cm³/mol. The normalized spacial score (nSPS) is 13.0. The van der Waals surface area contributed by atoms with E-state index >= 15 is 0 Å². The summed E-state index contributed by atoms with van der Waals surface area (Å²) in [7, 11) is 0. The molecule has 2 nitrogen and oxygen atoms in total. The maximum absolute atomic E-state index is 12.8. The Kier molecular flexibility index (Phi) is 8.30. The molecule has 2 aromatic carbocycles. The maximum atomic E-state index is 12.8. The van der Waals surface area contributed by atoms with Crippen LogP contribution < -0.4 is 0 Å². The van der Waals surface area contributed by atoms with Crippen molar-refractivity contribution in [1.29, 1.82) is 0 Å². The molecule has 0 unspecified atom stereocenters. The fraction of sp³-hybridized carbons (Fsp3) is 0.385. The molecule has 0 aromatic heterocycles. The van der Waals surface area contributed by atoms with Crippen LogP contribution in [0.15, 0.2) is 48.5 Å². The Morgan fingerprint density at radius 3 is 1.86 bits per heavy atom. The van der Waals surface area contributed by atoms with Gasteiger partial charge >= 0.3 is 0 Å². The average molecular weight is 407 g/mol. The Morgan fingerprint density at radius 2 is 1.21 bits per heavy atom. The molecule has 0 aliphatic heterocycles. The molecule has 0 spiro atoms. The minimum absolute atomic E-state index is 0.0557. The van der Waals surface area contributed by atoms with Gasteiger partial charge in [0.1, 0.15) is 0 Å². The van der Waals surface area contributed by atoms with Gasteiger partial charge < -0.3 is 0 Å². The fourth-order valence-corrected chi connectivity index (χ4v) is 4.10. The second kappa shape index (κ2) is 11.2. The first-order valence-electron chi connectivity index (χ1n) is 10.8. The third-order valence-corrected chi connectivity index (χ3v) is 5.85. The highest BCUT2D eigenvalue weighted by atomic mass is 32.1. The van der Waals surface area contributed by atoms with Gasteiger partial charge in [-0.05, 0) is 42.7 Å². The molecular weight excluding hydrogens is 376 g/mol. The lowest BCUT2D eigenvalue weighted by molar-refractivity contribution is 0.0979. The summed E-state index contributed by atoms with van der Waals surface area (Å²) in [4.78, 5) is 25.4. The van der Waals surface area contributed by atoms with Crippen LogP contribution >= 0.6 is 12.6 Å². The Morgan fingerprint density at radius 1 is 0.655 bits per heavy atom. The number of allylic oxidation sites excluding steroid dienone is 1. The highest BCUT2D eigenvalue weighted by Crippen LogP contribution is 2.28. The van der Waals surface area contributed by atoms with Crippen molar-refractivity contribution in [3.63, 3.8) is 0 Å². The molecule has 152 valence electrons. The summed E-state index contributed by atoms with van der Waals surface area (Å²) in [5.41, 5.74) is 3.04. The van der Waals surface area contributed by atoms with E-state index in [1.807, 2.05) is 12.1 Å². The summed E-state index contributed by atoms with van der Waals surface area (Å²) < 4.78 is 0. The van der Waals surface area contributed by atoms with E-state index in [2.05, 4.69) is 24.8 Å². The van der Waals surface area contributed by atoms with Crippen LogP contribution in [-0.4, -0.2) is 17.3 Å². The first kappa shape index (κ1) is 21.6. The highest BCUT2D eigenvalue weighted by Gasteiger charge is 2.28. The van der Waals surface area contributed by atoms with E-state index in [-0.39, 0.29) is 11.6 Å². The number of rotatable bonds is 11. The molecule has 0 bridgehead atoms. The topological polar surface area (TPSA) is 34.1 Å². The number of unbranched alkanes of at least 4 members (excludes halogenated alkanes) is 8. The van der Waals surface area contributed by atoms with Crippen molar-refractivity contribution in [3.8, 4) is 0 Å². The van der Waals surface area contributed by atoms with Gasteiger partial charge in [-0.3, -0.25) is 9.59 Å². The lowest BCUT2D eigenvalue weighted by atomic mass is 9.83. The van der Waals surface area contributed by atoms with E-state index in [1.54, 1.807) is 30.3 Å². The van der Waals surface area contributed by atoms with E-state index in [0.29, 0.717) is 22.3 Å². The second-order valence-electron chi connectivity index (χ2n) is 7.75. The minimum atomic E-state index is -0.0589. The van der Waals surface area contributed by atoms with Gasteiger partial charge in [-0.2, -0.15) is 12.6 Å². The first-order chi connectivity index (χ1) is 14.2. The van der Waals surface area contributed by atoms with Crippen molar-refractivity contribution < 1.29 is 9.59 Å². The van der Waals surface area contributed by atoms with E-state index in [9.17, 15) is 9.59 Å². The molecule has 1 aliphatic rings. The van der Waals surface area contributed by atoms with Gasteiger partial charge in [0.05, 0.1) is 0 Å². The molecule has 0 saturated carbocycles. The molecule has 0 N–H and O–H groups in total. The third-order valence-electron chi connectivity index (χ3n) is 5.54. The summed E-state index contributed by atoms with van der Waals surface area (Å²) in [5, 5.41) is 0. The molecule has 29 heavy (non-hydrogen) atoms. The standard InChI is InChI=1S/C26H30O2S/c27-25-21-14-10-11-15-22(21)26(28)24-19-20(16-17-23(24)25)13-9-7-5-3-1-2-4-6-8-12-18-29/h9-11,13-17,19,29H,1-8,12,18H2/b13-9+. The zero-order valence-corrected chi connectivity index (χ0v) is 17.9. The lowest BCUT2D eigenvalue weighted by Crippen LogP contribution is -2.20. The average Bonchev–Trinajstić information content (AvgIpc) is 2.76. The second-order valence-corrected chi connectivity index (χ2v) is 8.20. The van der Waals surface area contributed by atoms with Crippen LogP contribution in [0.4, 0.5) is 0 Å². The Labute approximate surface area is 179 Å². The summed E-state index contributed by atoms with van der Waals surface area (Å²) >= 11 is 4.24. The number of carbonyl (C=O) groups is 2. The number of ketones is 2. The number of thiol groups is 1. The molecule has 3 heteroatoms. The van der Waals surface area contributed by atoms with Gasteiger partial charge in [-0.1, -0.05) is 81.0 Å². The van der Waals surface area contributed by atoms with Crippen LogP contribution in [-0.2, 0) is 0 Å². The molecule has 0 atom stereocenters. The molecule has 0 fully saturated rings. The molecule has 0 radical (unpaired) electrons. The number of fused-ring (bicyclic) bond motifs is 2. The van der Waals surface area contributed by atoms with Crippen molar-refractivity contribution >= 4 is 30.3 Å².